The number of nitrogens with zero attached hydrogens (tertiary/aromatic N) is 3. The van der Waals surface area contributed by atoms with E-state index >= 15 is 0 Å². The number of amidine groups is 1. The largest absolute Gasteiger partial charge is 0.487 e. The molecule has 0 unspecified atom stereocenters. The molecule has 5 rings (SSSR count). The van der Waals surface area contributed by atoms with Gasteiger partial charge in [0.2, 0.25) is 15.0 Å². The monoisotopic (exact) mass is 723 g/mol. The first-order valence-electron chi connectivity index (χ1n) is 17.7. The van der Waals surface area contributed by atoms with Crippen LogP contribution in [0.5, 0.6) is 5.75 Å². The summed E-state index contributed by atoms with van der Waals surface area (Å²) in [6.07, 6.45) is 13.2. The second-order valence-electron chi connectivity index (χ2n) is 13.7. The maximum absolute atomic E-state index is 13.4. The number of halogens is 1. The molecule has 50 heavy (non-hydrogen) atoms. The third-order valence-electron chi connectivity index (χ3n) is 10.7. The number of sulfone groups is 1. The fourth-order valence-electron chi connectivity index (χ4n) is 7.68. The number of aliphatic imine (C=N–C) groups is 2. The molecule has 3 aliphatic rings. The van der Waals surface area contributed by atoms with Gasteiger partial charge in [-0.1, -0.05) is 49.2 Å². The Morgan fingerprint density at radius 3 is 2.68 bits per heavy atom. The van der Waals surface area contributed by atoms with E-state index < -0.39 is 27.2 Å². The van der Waals surface area contributed by atoms with E-state index in [4.69, 9.17) is 21.1 Å². The Morgan fingerprint density at radius 2 is 1.96 bits per heavy atom. The molecule has 2 aromatic rings. The molecule has 1 heterocycles. The highest BCUT2D eigenvalue weighted by atomic mass is 35.5. The van der Waals surface area contributed by atoms with Gasteiger partial charge in [-0.3, -0.25) is 0 Å². The average molecular weight is 724 g/mol. The molecular formula is C39H50ClN3O6S. The Morgan fingerprint density at radius 1 is 1.14 bits per heavy atom. The topological polar surface area (TPSA) is 118 Å². The molecule has 6 atom stereocenters. The minimum atomic E-state index is -3.74. The van der Waals surface area contributed by atoms with Gasteiger partial charge in [-0.05, 0) is 124 Å². The van der Waals surface area contributed by atoms with E-state index in [-0.39, 0.29) is 28.8 Å². The smallest absolute Gasteiger partial charge is 0.337 e. The van der Waals surface area contributed by atoms with Crippen LogP contribution in [0.25, 0.3) is 0 Å². The van der Waals surface area contributed by atoms with Crippen molar-refractivity contribution in [1.29, 1.82) is 0 Å². The van der Waals surface area contributed by atoms with Crippen LogP contribution in [0.1, 0.15) is 80.3 Å². The summed E-state index contributed by atoms with van der Waals surface area (Å²) in [6.45, 7) is 9.04. The number of allylic oxidation sites excluding steroid dienone is 2. The van der Waals surface area contributed by atoms with Crippen LogP contribution in [0.3, 0.4) is 0 Å². The van der Waals surface area contributed by atoms with Crippen LogP contribution >= 0.6 is 11.6 Å². The molecule has 2 fully saturated rings. The molecule has 0 saturated heterocycles. The van der Waals surface area contributed by atoms with Crippen molar-refractivity contribution in [3.63, 3.8) is 0 Å². The van der Waals surface area contributed by atoms with E-state index in [9.17, 15) is 18.3 Å². The van der Waals surface area contributed by atoms with Gasteiger partial charge in [-0.25, -0.2) is 23.2 Å². The van der Waals surface area contributed by atoms with Crippen molar-refractivity contribution in [2.45, 2.75) is 83.2 Å². The molecule has 2 saturated carbocycles. The first-order valence-corrected chi connectivity index (χ1v) is 19.6. The number of hydrogen-bond acceptors (Lipinski definition) is 8. The molecule has 0 spiro atoms. The number of aliphatic hydroxyl groups excluding tert-OH is 1. The van der Waals surface area contributed by atoms with Crippen molar-refractivity contribution in [2.75, 3.05) is 25.1 Å². The summed E-state index contributed by atoms with van der Waals surface area (Å²) < 4.78 is 38.3. The van der Waals surface area contributed by atoms with Crippen LogP contribution < -0.4 is 9.64 Å². The van der Waals surface area contributed by atoms with Crippen molar-refractivity contribution >= 4 is 45.0 Å². The summed E-state index contributed by atoms with van der Waals surface area (Å²) in [5.74, 6) is 0.428. The third kappa shape index (κ3) is 8.69. The predicted octanol–water partition coefficient (Wildman–Crippen LogP) is 7.60. The standard InChI is InChI=1S/C39H50ClN3O6S/c1-5-20-42-39(41-3)50(46,47)37-11-8-10-27(26(37)2)14-18-35(44)33-17-13-30(33)24-43-21-7-6-9-28-22-32(40)16-12-31(28)25-49-36-19-15-29(23-34(36)43)38(45)48-4/h5,12,14-16,18-20,22-23,26-27,30,33,35,37,44H,3,6-11,13,17,21,24-25H2,1-2,4H3/b18-14-,20-5-,42-39+/t26-,27-,30+,33+,35-,37+/m1/s1. The number of carbonyl (C=O) groups is 1. The van der Waals surface area contributed by atoms with Crippen molar-refractivity contribution in [1.82, 2.24) is 0 Å². The molecule has 0 radical (unpaired) electrons. The molecule has 2 aromatic carbocycles. The van der Waals surface area contributed by atoms with Crippen molar-refractivity contribution < 1.29 is 27.8 Å². The van der Waals surface area contributed by atoms with Gasteiger partial charge in [0, 0.05) is 24.3 Å². The molecular weight excluding hydrogens is 674 g/mol. The Bertz CT molecular complexity index is 1720. The summed E-state index contributed by atoms with van der Waals surface area (Å²) in [7, 11) is -2.36. The number of ether oxygens (including phenoxy) is 2. The number of anilines is 1. The lowest BCUT2D eigenvalue weighted by Crippen LogP contribution is -2.43. The van der Waals surface area contributed by atoms with Gasteiger partial charge in [-0.15, -0.1) is 0 Å². The van der Waals surface area contributed by atoms with Crippen LogP contribution in [0.15, 0.2) is 70.8 Å². The van der Waals surface area contributed by atoms with Crippen LogP contribution in [-0.4, -0.2) is 62.9 Å². The Labute approximate surface area is 302 Å². The SMILES string of the molecule is C=N/C(=N\C=C/C)S(=O)(=O)[C@H]1CCC[C@H](/C=C\[C@@H](O)[C@H]2CC[C@H]2CN2CCCCc3cc(Cl)ccc3COc3ccc(C(=O)OC)cc32)[C@H]1C. The normalized spacial score (nSPS) is 25.5. The fourth-order valence-corrected chi connectivity index (χ4v) is 9.78. The number of rotatable bonds is 8. The highest BCUT2D eigenvalue weighted by Gasteiger charge is 2.41. The van der Waals surface area contributed by atoms with Crippen LogP contribution in [0.4, 0.5) is 5.69 Å². The van der Waals surface area contributed by atoms with Crippen LogP contribution in [0.2, 0.25) is 5.02 Å². The highest BCUT2D eigenvalue weighted by molar-refractivity contribution is 8.06. The third-order valence-corrected chi connectivity index (χ3v) is 13.2. The summed E-state index contributed by atoms with van der Waals surface area (Å²) in [4.78, 5) is 22.6. The fraction of sp³-hybridized carbons (Fsp3) is 0.513. The van der Waals surface area contributed by atoms with Gasteiger partial charge in [0.15, 0.2) is 0 Å². The van der Waals surface area contributed by atoms with E-state index in [0.717, 1.165) is 62.7 Å². The number of esters is 1. The first-order chi connectivity index (χ1) is 24.1. The van der Waals surface area contributed by atoms with Gasteiger partial charge < -0.3 is 19.5 Å². The number of fused-ring (bicyclic) bond motifs is 2. The molecule has 9 nitrogen and oxygen atoms in total. The molecule has 1 aliphatic heterocycles. The molecule has 1 N–H and O–H groups in total. The highest BCUT2D eigenvalue weighted by Crippen LogP contribution is 2.42. The zero-order chi connectivity index (χ0) is 35.8. The Kier molecular flexibility index (Phi) is 13.0. The number of carbonyl (C=O) groups excluding carboxylic acids is 1. The molecule has 0 bridgehead atoms. The Balaban J connectivity index is 1.31. The Hall–Kier alpha value is -3.47. The summed E-state index contributed by atoms with van der Waals surface area (Å²) in [5, 5.41) is 11.3. The van der Waals surface area contributed by atoms with Crippen molar-refractivity contribution in [3.05, 3.63) is 82.5 Å². The first kappa shape index (κ1) is 37.8. The second kappa shape index (κ2) is 17.2. The van der Waals surface area contributed by atoms with E-state index in [1.165, 1.54) is 18.9 Å². The zero-order valence-corrected chi connectivity index (χ0v) is 30.9. The molecule has 0 amide bonds. The van der Waals surface area contributed by atoms with Gasteiger partial charge in [-0.2, -0.15) is 0 Å². The van der Waals surface area contributed by atoms with E-state index in [1.807, 2.05) is 49.4 Å². The predicted molar refractivity (Wildman–Crippen MR) is 201 cm³/mol. The van der Waals surface area contributed by atoms with Gasteiger partial charge in [0.05, 0.1) is 29.7 Å². The maximum Gasteiger partial charge on any atom is 0.337 e. The van der Waals surface area contributed by atoms with Crippen molar-refractivity contribution in [3.8, 4) is 5.75 Å². The number of aliphatic hydroxyl groups is 1. The minimum absolute atomic E-state index is 0.00948. The lowest BCUT2D eigenvalue weighted by molar-refractivity contribution is 0.0457. The van der Waals surface area contributed by atoms with Gasteiger partial charge >= 0.3 is 5.97 Å². The van der Waals surface area contributed by atoms with Crippen LogP contribution in [-0.2, 0) is 27.6 Å². The molecule has 11 heteroatoms. The quantitative estimate of drug-likeness (QED) is 0.129. The summed E-state index contributed by atoms with van der Waals surface area (Å²) in [6, 6.07) is 11.4. The van der Waals surface area contributed by atoms with Gasteiger partial charge in [0.1, 0.15) is 12.4 Å². The zero-order valence-electron chi connectivity index (χ0n) is 29.3. The maximum atomic E-state index is 13.4. The van der Waals surface area contributed by atoms with E-state index in [1.54, 1.807) is 19.1 Å². The number of aryl methyl sites for hydroxylation is 1. The summed E-state index contributed by atoms with van der Waals surface area (Å²) >= 11 is 6.34. The number of methoxy groups -OCH3 is 1. The summed E-state index contributed by atoms with van der Waals surface area (Å²) in [5.41, 5.74) is 3.58. The minimum Gasteiger partial charge on any atom is -0.487 e. The average Bonchev–Trinajstić information content (AvgIpc) is 3.12. The number of benzene rings is 2. The lowest BCUT2D eigenvalue weighted by Gasteiger charge is -2.43. The molecule has 270 valence electrons. The molecule has 2 aliphatic carbocycles. The van der Waals surface area contributed by atoms with E-state index in [0.29, 0.717) is 35.9 Å². The number of hydrogen-bond donors (Lipinski definition) is 1. The van der Waals surface area contributed by atoms with Gasteiger partial charge in [0.25, 0.3) is 0 Å². The lowest BCUT2D eigenvalue weighted by atomic mass is 9.69. The van der Waals surface area contributed by atoms with Crippen molar-refractivity contribution in [2.24, 2.45) is 33.7 Å². The molecule has 0 aromatic heterocycles. The van der Waals surface area contributed by atoms with E-state index in [2.05, 4.69) is 21.6 Å². The van der Waals surface area contributed by atoms with Crippen LogP contribution in [0, 0.1) is 23.7 Å². The second-order valence-corrected chi connectivity index (χ2v) is 16.2.